The van der Waals surface area contributed by atoms with Crippen LogP contribution in [0.3, 0.4) is 0 Å². The molecule has 74 valence electrons. The number of rotatable bonds is 3. The van der Waals surface area contributed by atoms with Gasteiger partial charge in [-0.3, -0.25) is 0 Å². The van der Waals surface area contributed by atoms with Crippen LogP contribution in [-0.2, 0) is 4.79 Å². The Bertz CT molecular complexity index is 197. The Labute approximate surface area is 81.2 Å². The Hall–Kier alpha value is -0.590. The minimum atomic E-state index is -0.0572. The summed E-state index contributed by atoms with van der Waals surface area (Å²) in [5.74, 6) is 0.804. The van der Waals surface area contributed by atoms with E-state index in [1.54, 1.807) is 0 Å². The molecule has 0 aromatic carbocycles. The zero-order valence-electron chi connectivity index (χ0n) is 8.81. The van der Waals surface area contributed by atoms with Crippen molar-refractivity contribution >= 4 is 6.29 Å². The molecule has 0 spiro atoms. The normalized spacial score (nSPS) is 34.2. The zero-order valence-corrected chi connectivity index (χ0v) is 8.81. The van der Waals surface area contributed by atoms with Gasteiger partial charge in [0.15, 0.2) is 0 Å². The molecule has 0 unspecified atom stereocenters. The summed E-state index contributed by atoms with van der Waals surface area (Å²) in [4.78, 5) is 11.1. The fraction of sp³-hybridized carbons (Fsp3) is 0.750. The van der Waals surface area contributed by atoms with Crippen LogP contribution in [0.15, 0.2) is 12.2 Å². The molecule has 1 aliphatic carbocycles. The van der Waals surface area contributed by atoms with Gasteiger partial charge in [0.1, 0.15) is 6.29 Å². The predicted molar refractivity (Wildman–Crippen MR) is 55.6 cm³/mol. The lowest BCUT2D eigenvalue weighted by molar-refractivity contribution is -0.118. The maximum absolute atomic E-state index is 11.1. The number of carbonyl (C=O) groups excluding carboxylic acids is 1. The molecule has 1 rings (SSSR count). The molecule has 1 nitrogen and oxygen atoms in total. The molecule has 0 amide bonds. The standard InChI is InChI=1S/C12H20O/c1-10(2)8-12(9-13)6-4-11(3)5-7-12/h9,11H,1,4-8H2,2-3H3. The lowest BCUT2D eigenvalue weighted by atomic mass is 9.69. The second-order valence-electron chi connectivity index (χ2n) is 4.80. The molecule has 13 heavy (non-hydrogen) atoms. The van der Waals surface area contributed by atoms with Crippen molar-refractivity contribution in [1.82, 2.24) is 0 Å². The molecule has 0 aromatic heterocycles. The van der Waals surface area contributed by atoms with E-state index in [1.165, 1.54) is 19.1 Å². The maximum Gasteiger partial charge on any atom is 0.126 e. The van der Waals surface area contributed by atoms with E-state index >= 15 is 0 Å². The van der Waals surface area contributed by atoms with Gasteiger partial charge >= 0.3 is 0 Å². The SMILES string of the molecule is C=C(C)CC1(C=O)CCC(C)CC1. The number of aldehydes is 1. The van der Waals surface area contributed by atoms with Crippen LogP contribution in [-0.4, -0.2) is 6.29 Å². The van der Waals surface area contributed by atoms with Crippen LogP contribution in [0.4, 0.5) is 0 Å². The van der Waals surface area contributed by atoms with E-state index in [-0.39, 0.29) is 5.41 Å². The summed E-state index contributed by atoms with van der Waals surface area (Å²) < 4.78 is 0. The number of hydrogen-bond donors (Lipinski definition) is 0. The van der Waals surface area contributed by atoms with Gasteiger partial charge in [0.05, 0.1) is 0 Å². The average Bonchev–Trinajstić information content (AvgIpc) is 2.09. The maximum atomic E-state index is 11.1. The lowest BCUT2D eigenvalue weighted by Gasteiger charge is -2.35. The summed E-state index contributed by atoms with van der Waals surface area (Å²) in [6.07, 6.45) is 6.59. The Morgan fingerprint density at radius 1 is 1.54 bits per heavy atom. The molecule has 0 aliphatic heterocycles. The van der Waals surface area contributed by atoms with Gasteiger partial charge in [0, 0.05) is 5.41 Å². The number of allylic oxidation sites excluding steroid dienone is 1. The second kappa shape index (κ2) is 4.08. The van der Waals surface area contributed by atoms with Crippen molar-refractivity contribution in [3.63, 3.8) is 0 Å². The van der Waals surface area contributed by atoms with Crippen molar-refractivity contribution in [1.29, 1.82) is 0 Å². The van der Waals surface area contributed by atoms with Crippen molar-refractivity contribution < 1.29 is 4.79 Å². The molecule has 0 aromatic rings. The summed E-state index contributed by atoms with van der Waals surface area (Å²) in [6.45, 7) is 8.19. The predicted octanol–water partition coefficient (Wildman–Crippen LogP) is 3.35. The molecule has 0 heterocycles. The van der Waals surface area contributed by atoms with E-state index in [9.17, 15) is 4.79 Å². The minimum Gasteiger partial charge on any atom is -0.303 e. The first kappa shape index (κ1) is 10.5. The van der Waals surface area contributed by atoms with Crippen molar-refractivity contribution in [3.8, 4) is 0 Å². The fourth-order valence-electron chi connectivity index (χ4n) is 2.27. The third-order valence-corrected chi connectivity index (χ3v) is 3.17. The van der Waals surface area contributed by atoms with Crippen molar-refractivity contribution in [2.75, 3.05) is 0 Å². The van der Waals surface area contributed by atoms with Gasteiger partial charge in [-0.25, -0.2) is 0 Å². The van der Waals surface area contributed by atoms with Gasteiger partial charge in [-0.1, -0.05) is 12.5 Å². The Morgan fingerprint density at radius 2 is 2.08 bits per heavy atom. The molecule has 1 heteroatoms. The van der Waals surface area contributed by atoms with Crippen molar-refractivity contribution in [2.45, 2.75) is 46.0 Å². The number of carbonyl (C=O) groups is 1. The minimum absolute atomic E-state index is 0.0572. The van der Waals surface area contributed by atoms with E-state index in [4.69, 9.17) is 0 Å². The van der Waals surface area contributed by atoms with Crippen LogP contribution in [0.2, 0.25) is 0 Å². The molecular weight excluding hydrogens is 160 g/mol. The second-order valence-corrected chi connectivity index (χ2v) is 4.80. The molecular formula is C12H20O. The van der Waals surface area contributed by atoms with Gasteiger partial charge in [-0.2, -0.15) is 0 Å². The Morgan fingerprint density at radius 3 is 2.46 bits per heavy atom. The highest BCUT2D eigenvalue weighted by Crippen LogP contribution is 2.41. The quantitative estimate of drug-likeness (QED) is 0.481. The van der Waals surface area contributed by atoms with Crippen molar-refractivity contribution in [2.24, 2.45) is 11.3 Å². The zero-order chi connectivity index (χ0) is 9.90. The molecule has 0 radical (unpaired) electrons. The highest BCUT2D eigenvalue weighted by atomic mass is 16.1. The van der Waals surface area contributed by atoms with E-state index in [0.29, 0.717) is 0 Å². The lowest BCUT2D eigenvalue weighted by Crippen LogP contribution is -2.28. The first-order valence-electron chi connectivity index (χ1n) is 5.19. The van der Waals surface area contributed by atoms with Crippen LogP contribution in [0, 0.1) is 11.3 Å². The Balaban J connectivity index is 2.60. The first-order valence-corrected chi connectivity index (χ1v) is 5.19. The molecule has 1 saturated carbocycles. The molecule has 0 atom stereocenters. The fourth-order valence-corrected chi connectivity index (χ4v) is 2.27. The topological polar surface area (TPSA) is 17.1 Å². The van der Waals surface area contributed by atoms with Crippen molar-refractivity contribution in [3.05, 3.63) is 12.2 Å². The molecule has 0 N–H and O–H groups in total. The third kappa shape index (κ3) is 2.68. The average molecular weight is 180 g/mol. The van der Waals surface area contributed by atoms with Crippen LogP contribution >= 0.6 is 0 Å². The highest BCUT2D eigenvalue weighted by molar-refractivity contribution is 5.60. The van der Waals surface area contributed by atoms with E-state index < -0.39 is 0 Å². The summed E-state index contributed by atoms with van der Waals surface area (Å²) in [6, 6.07) is 0. The molecule has 0 saturated heterocycles. The van der Waals surface area contributed by atoms with Gasteiger partial charge in [0.25, 0.3) is 0 Å². The van der Waals surface area contributed by atoms with Gasteiger partial charge in [-0.15, -0.1) is 6.58 Å². The highest BCUT2D eigenvalue weighted by Gasteiger charge is 2.33. The van der Waals surface area contributed by atoms with E-state index in [2.05, 4.69) is 13.5 Å². The third-order valence-electron chi connectivity index (χ3n) is 3.17. The van der Waals surface area contributed by atoms with Crippen LogP contribution in [0.5, 0.6) is 0 Å². The van der Waals surface area contributed by atoms with Crippen LogP contribution < -0.4 is 0 Å². The van der Waals surface area contributed by atoms with Crippen LogP contribution in [0.1, 0.15) is 46.0 Å². The smallest absolute Gasteiger partial charge is 0.126 e. The monoisotopic (exact) mass is 180 g/mol. The first-order chi connectivity index (χ1) is 6.08. The Kier molecular flexibility index (Phi) is 3.29. The van der Waals surface area contributed by atoms with Gasteiger partial charge in [-0.05, 0) is 44.9 Å². The van der Waals surface area contributed by atoms with E-state index in [0.717, 1.165) is 30.8 Å². The number of hydrogen-bond acceptors (Lipinski definition) is 1. The summed E-state index contributed by atoms with van der Waals surface area (Å²) >= 11 is 0. The largest absolute Gasteiger partial charge is 0.303 e. The summed E-state index contributed by atoms with van der Waals surface area (Å²) in [5.41, 5.74) is 1.08. The van der Waals surface area contributed by atoms with Gasteiger partial charge in [0.2, 0.25) is 0 Å². The van der Waals surface area contributed by atoms with Gasteiger partial charge < -0.3 is 4.79 Å². The molecule has 0 bridgehead atoms. The summed E-state index contributed by atoms with van der Waals surface area (Å²) in [7, 11) is 0. The summed E-state index contributed by atoms with van der Waals surface area (Å²) in [5, 5.41) is 0. The van der Waals surface area contributed by atoms with Crippen LogP contribution in [0.25, 0.3) is 0 Å². The molecule has 1 aliphatic rings. The molecule has 1 fully saturated rings. The van der Waals surface area contributed by atoms with E-state index in [1.807, 2.05) is 6.92 Å².